The third-order valence-corrected chi connectivity index (χ3v) is 2.75. The molecule has 0 aliphatic carbocycles. The molecule has 1 aromatic rings. The van der Waals surface area contributed by atoms with E-state index in [0.717, 1.165) is 11.3 Å². The van der Waals surface area contributed by atoms with Crippen molar-refractivity contribution in [1.82, 2.24) is 0 Å². The van der Waals surface area contributed by atoms with E-state index in [4.69, 9.17) is 16.3 Å². The van der Waals surface area contributed by atoms with Gasteiger partial charge >= 0.3 is 5.97 Å². The smallest absolute Gasteiger partial charge is 0.329 e. The first-order valence-electron chi connectivity index (χ1n) is 5.63. The highest BCUT2D eigenvalue weighted by Crippen LogP contribution is 2.29. The zero-order valence-electron chi connectivity index (χ0n) is 10.2. The monoisotopic (exact) mass is 253 g/mol. The molecule has 0 radical (unpaired) electrons. The molecule has 17 heavy (non-hydrogen) atoms. The molecule has 92 valence electrons. The number of anilines is 1. The van der Waals surface area contributed by atoms with Crippen LogP contribution >= 0.6 is 11.6 Å². The van der Waals surface area contributed by atoms with Gasteiger partial charge in [0.1, 0.15) is 11.6 Å². The second kappa shape index (κ2) is 4.22. The summed E-state index contributed by atoms with van der Waals surface area (Å²) in [6.07, 6.45) is 0.630. The van der Waals surface area contributed by atoms with Gasteiger partial charge < -0.3 is 10.1 Å². The molecule has 3 nitrogen and oxygen atoms in total. The first kappa shape index (κ1) is 12.2. The molecule has 0 unspecified atom stereocenters. The van der Waals surface area contributed by atoms with Gasteiger partial charge in [0, 0.05) is 17.1 Å². The van der Waals surface area contributed by atoms with Crippen LogP contribution in [0, 0.1) is 0 Å². The van der Waals surface area contributed by atoms with E-state index >= 15 is 0 Å². The van der Waals surface area contributed by atoms with Crippen molar-refractivity contribution in [2.45, 2.75) is 38.8 Å². The Bertz CT molecular complexity index is 451. The first-order valence-corrected chi connectivity index (χ1v) is 6.01. The van der Waals surface area contributed by atoms with Gasteiger partial charge in [-0.05, 0) is 44.5 Å². The van der Waals surface area contributed by atoms with E-state index in [2.05, 4.69) is 5.32 Å². The highest BCUT2D eigenvalue weighted by Gasteiger charge is 2.30. The number of carbonyl (C=O) groups is 1. The van der Waals surface area contributed by atoms with Gasteiger partial charge in [0.05, 0.1) is 0 Å². The van der Waals surface area contributed by atoms with Gasteiger partial charge in [-0.1, -0.05) is 11.6 Å². The normalized spacial score (nSPS) is 18.5. The lowest BCUT2D eigenvalue weighted by atomic mass is 10.1. The van der Waals surface area contributed by atoms with Crippen LogP contribution in [0.5, 0.6) is 0 Å². The van der Waals surface area contributed by atoms with Crippen molar-refractivity contribution in [3.63, 3.8) is 0 Å². The Morgan fingerprint density at radius 1 is 1.47 bits per heavy atom. The molecule has 4 heteroatoms. The van der Waals surface area contributed by atoms with Gasteiger partial charge in [-0.2, -0.15) is 0 Å². The molecule has 1 atom stereocenters. The Morgan fingerprint density at radius 2 is 2.18 bits per heavy atom. The lowest BCUT2D eigenvalue weighted by Crippen LogP contribution is -2.35. The first-order chi connectivity index (χ1) is 7.85. The summed E-state index contributed by atoms with van der Waals surface area (Å²) in [6, 6.07) is 5.28. The zero-order chi connectivity index (χ0) is 12.6. The fourth-order valence-electron chi connectivity index (χ4n) is 1.85. The summed E-state index contributed by atoms with van der Waals surface area (Å²) in [4.78, 5) is 11.9. The van der Waals surface area contributed by atoms with Crippen molar-refractivity contribution in [1.29, 1.82) is 0 Å². The molecule has 2 rings (SSSR count). The van der Waals surface area contributed by atoms with Crippen LogP contribution in [0.25, 0.3) is 0 Å². The van der Waals surface area contributed by atoms with Crippen LogP contribution in [0.1, 0.15) is 26.3 Å². The van der Waals surface area contributed by atoms with E-state index in [1.165, 1.54) is 0 Å². The minimum absolute atomic E-state index is 0.218. The number of fused-ring (bicyclic) bond motifs is 1. The Hall–Kier alpha value is -1.22. The van der Waals surface area contributed by atoms with Crippen molar-refractivity contribution in [3.8, 4) is 0 Å². The van der Waals surface area contributed by atoms with Gasteiger partial charge in [0.2, 0.25) is 0 Å². The lowest BCUT2D eigenvalue weighted by molar-refractivity contribution is -0.155. The number of carbonyl (C=O) groups excluding carboxylic acids is 1. The van der Waals surface area contributed by atoms with Crippen molar-refractivity contribution in [2.75, 3.05) is 5.32 Å². The van der Waals surface area contributed by atoms with Crippen molar-refractivity contribution >= 4 is 23.3 Å². The maximum absolute atomic E-state index is 11.9. The van der Waals surface area contributed by atoms with Gasteiger partial charge in [-0.3, -0.25) is 0 Å². The van der Waals surface area contributed by atoms with Crippen LogP contribution in [0.4, 0.5) is 5.69 Å². The number of hydrogen-bond donors (Lipinski definition) is 1. The second-order valence-electron chi connectivity index (χ2n) is 5.24. The van der Waals surface area contributed by atoms with E-state index in [-0.39, 0.29) is 12.0 Å². The van der Waals surface area contributed by atoms with Crippen LogP contribution in [0.3, 0.4) is 0 Å². The summed E-state index contributed by atoms with van der Waals surface area (Å²) in [6.45, 7) is 5.59. The molecule has 0 amide bonds. The maximum Gasteiger partial charge on any atom is 0.329 e. The largest absolute Gasteiger partial charge is 0.458 e. The van der Waals surface area contributed by atoms with E-state index in [9.17, 15) is 4.79 Å². The summed E-state index contributed by atoms with van der Waals surface area (Å²) < 4.78 is 5.35. The molecule has 0 fully saturated rings. The number of benzene rings is 1. The Kier molecular flexibility index (Phi) is 3.04. The molecule has 0 spiro atoms. The summed E-state index contributed by atoms with van der Waals surface area (Å²) in [5.41, 5.74) is 1.57. The maximum atomic E-state index is 11.9. The summed E-state index contributed by atoms with van der Waals surface area (Å²) >= 11 is 5.91. The Morgan fingerprint density at radius 3 is 2.82 bits per heavy atom. The molecule has 0 saturated carbocycles. The third kappa shape index (κ3) is 2.91. The SMILES string of the molecule is CC(C)(C)OC(=O)[C@@H]1Cc2cc(Cl)ccc2N1. The van der Waals surface area contributed by atoms with E-state index < -0.39 is 5.60 Å². The molecule has 1 aromatic carbocycles. The van der Waals surface area contributed by atoms with Gasteiger partial charge in [-0.25, -0.2) is 4.79 Å². The number of esters is 1. The van der Waals surface area contributed by atoms with Crippen LogP contribution < -0.4 is 5.32 Å². The topological polar surface area (TPSA) is 38.3 Å². The standard InChI is InChI=1S/C13H16ClNO2/c1-13(2,3)17-12(16)11-7-8-6-9(14)4-5-10(8)15-11/h4-6,11,15H,7H2,1-3H3/t11-/m0/s1. The molecule has 1 aliphatic heterocycles. The average molecular weight is 254 g/mol. The second-order valence-corrected chi connectivity index (χ2v) is 5.67. The van der Waals surface area contributed by atoms with Crippen LogP contribution in [-0.2, 0) is 16.0 Å². The van der Waals surface area contributed by atoms with Gasteiger partial charge in [-0.15, -0.1) is 0 Å². The summed E-state index contributed by atoms with van der Waals surface area (Å²) in [5.74, 6) is -0.218. The molecule has 1 heterocycles. The fraction of sp³-hybridized carbons (Fsp3) is 0.462. The highest BCUT2D eigenvalue weighted by atomic mass is 35.5. The zero-order valence-corrected chi connectivity index (χ0v) is 11.0. The van der Waals surface area contributed by atoms with E-state index in [1.54, 1.807) is 0 Å². The van der Waals surface area contributed by atoms with Crippen LogP contribution in [-0.4, -0.2) is 17.6 Å². The Labute approximate surface area is 106 Å². The van der Waals surface area contributed by atoms with Gasteiger partial charge in [0.25, 0.3) is 0 Å². The molecule has 1 N–H and O–H groups in total. The molecular formula is C13H16ClNO2. The minimum Gasteiger partial charge on any atom is -0.458 e. The Balaban J connectivity index is 2.07. The minimum atomic E-state index is -0.453. The average Bonchev–Trinajstić information content (AvgIpc) is 2.57. The van der Waals surface area contributed by atoms with E-state index in [1.807, 2.05) is 39.0 Å². The summed E-state index contributed by atoms with van der Waals surface area (Å²) in [5, 5.41) is 3.84. The summed E-state index contributed by atoms with van der Waals surface area (Å²) in [7, 11) is 0. The predicted octanol–water partition coefficient (Wildman–Crippen LogP) is 3.02. The van der Waals surface area contributed by atoms with Crippen LogP contribution in [0.2, 0.25) is 5.02 Å². The lowest BCUT2D eigenvalue weighted by Gasteiger charge is -2.22. The molecule has 0 aromatic heterocycles. The van der Waals surface area contributed by atoms with Crippen LogP contribution in [0.15, 0.2) is 18.2 Å². The van der Waals surface area contributed by atoms with Gasteiger partial charge in [0.15, 0.2) is 0 Å². The highest BCUT2D eigenvalue weighted by molar-refractivity contribution is 6.30. The quantitative estimate of drug-likeness (QED) is 0.782. The molecule has 1 aliphatic rings. The predicted molar refractivity (Wildman–Crippen MR) is 68.4 cm³/mol. The number of hydrogen-bond acceptors (Lipinski definition) is 3. The number of halogens is 1. The molecule has 0 saturated heterocycles. The number of ether oxygens (including phenoxy) is 1. The van der Waals surface area contributed by atoms with Crippen molar-refractivity contribution < 1.29 is 9.53 Å². The molecule has 0 bridgehead atoms. The van der Waals surface area contributed by atoms with Crippen molar-refractivity contribution in [3.05, 3.63) is 28.8 Å². The van der Waals surface area contributed by atoms with E-state index in [0.29, 0.717) is 11.4 Å². The fourth-order valence-corrected chi connectivity index (χ4v) is 2.04. The number of nitrogens with one attached hydrogen (secondary N) is 1. The molecular weight excluding hydrogens is 238 g/mol. The van der Waals surface area contributed by atoms with Crippen molar-refractivity contribution in [2.24, 2.45) is 0 Å². The third-order valence-electron chi connectivity index (χ3n) is 2.51. The number of rotatable bonds is 1.